The van der Waals surface area contributed by atoms with Gasteiger partial charge >= 0.3 is 6.09 Å². The van der Waals surface area contributed by atoms with Gasteiger partial charge in [-0.3, -0.25) is 14.6 Å². The molecule has 0 fully saturated rings. The lowest BCUT2D eigenvalue weighted by Crippen LogP contribution is -2.50. The van der Waals surface area contributed by atoms with Crippen molar-refractivity contribution >= 4 is 23.6 Å². The summed E-state index contributed by atoms with van der Waals surface area (Å²) in [6, 6.07) is 7.64. The summed E-state index contributed by atoms with van der Waals surface area (Å²) in [5.74, 6) is -1.35. The normalized spacial score (nSPS) is 12.9. The van der Waals surface area contributed by atoms with Gasteiger partial charge in [-0.05, 0) is 63.9 Å². The molecule has 1 aromatic heterocycles. The van der Waals surface area contributed by atoms with Crippen LogP contribution in [0.4, 0.5) is 19.3 Å². The van der Waals surface area contributed by atoms with Crippen LogP contribution in [0, 0.1) is 25.5 Å². The summed E-state index contributed by atoms with van der Waals surface area (Å²) in [5, 5.41) is 9.93. The molecule has 1 aliphatic rings. The number of ether oxygens (including phenoxy) is 1. The molecule has 3 amide bonds. The van der Waals surface area contributed by atoms with E-state index >= 15 is 0 Å². The van der Waals surface area contributed by atoms with Crippen LogP contribution in [-0.4, -0.2) is 93.2 Å². The van der Waals surface area contributed by atoms with Gasteiger partial charge in [-0.15, -0.1) is 0 Å². The molecule has 0 spiro atoms. The average Bonchev–Trinajstić information content (AvgIpc) is 3.62. The van der Waals surface area contributed by atoms with Gasteiger partial charge in [-0.1, -0.05) is 17.3 Å². The van der Waals surface area contributed by atoms with E-state index < -0.39 is 29.3 Å². The number of aryl methyl sites for hydroxylation is 2. The Kier molecular flexibility index (Phi) is 10.6. The molecule has 46 heavy (non-hydrogen) atoms. The van der Waals surface area contributed by atoms with Crippen molar-refractivity contribution < 1.29 is 32.4 Å². The Morgan fingerprint density at radius 1 is 1.04 bits per heavy atom. The summed E-state index contributed by atoms with van der Waals surface area (Å²) in [4.78, 5) is 46.8. The van der Waals surface area contributed by atoms with Crippen LogP contribution < -0.4 is 5.32 Å². The first-order valence-corrected chi connectivity index (χ1v) is 15.0. The molecule has 2 heterocycles. The minimum Gasteiger partial charge on any atom is -0.444 e. The number of amides is 3. The van der Waals surface area contributed by atoms with E-state index in [0.717, 1.165) is 5.56 Å². The molecule has 14 heteroatoms. The third-order valence-corrected chi connectivity index (χ3v) is 7.56. The van der Waals surface area contributed by atoms with E-state index in [9.17, 15) is 23.2 Å². The molecule has 0 atom stereocenters. The molecule has 0 saturated heterocycles. The number of nitrogens with zero attached hydrogens (tertiary/aromatic N) is 6. The Labute approximate surface area is 267 Å². The van der Waals surface area contributed by atoms with Crippen molar-refractivity contribution in [2.45, 2.75) is 60.2 Å². The van der Waals surface area contributed by atoms with Crippen molar-refractivity contribution in [3.8, 4) is 11.4 Å². The van der Waals surface area contributed by atoms with E-state index in [0.29, 0.717) is 29.9 Å². The van der Waals surface area contributed by atoms with Crippen LogP contribution in [0.1, 0.15) is 50.3 Å². The molecular formula is C32H41F2N7O5. The molecule has 0 aliphatic carbocycles. The van der Waals surface area contributed by atoms with Crippen LogP contribution in [-0.2, 0) is 27.4 Å². The van der Waals surface area contributed by atoms with Crippen molar-refractivity contribution in [1.29, 1.82) is 0 Å². The van der Waals surface area contributed by atoms with Crippen LogP contribution in [0.5, 0.6) is 0 Å². The number of anilines is 1. The molecule has 0 radical (unpaired) electrons. The van der Waals surface area contributed by atoms with E-state index in [-0.39, 0.29) is 55.8 Å². The summed E-state index contributed by atoms with van der Waals surface area (Å²) < 4.78 is 39.6. The van der Waals surface area contributed by atoms with Gasteiger partial charge in [0.2, 0.25) is 17.6 Å². The molecule has 4 rings (SSSR count). The Morgan fingerprint density at radius 3 is 2.39 bits per heavy atom. The van der Waals surface area contributed by atoms with Crippen LogP contribution in [0.2, 0.25) is 0 Å². The zero-order valence-corrected chi connectivity index (χ0v) is 27.3. The number of hydrazine groups is 1. The molecule has 1 aliphatic heterocycles. The number of aromatic nitrogens is 2. The third kappa shape index (κ3) is 8.36. The van der Waals surface area contributed by atoms with Gasteiger partial charge in [-0.25, -0.2) is 18.6 Å². The van der Waals surface area contributed by atoms with E-state index in [2.05, 4.69) is 15.5 Å². The van der Waals surface area contributed by atoms with Gasteiger partial charge in [0.25, 0.3) is 5.91 Å². The van der Waals surface area contributed by atoms with Gasteiger partial charge in [0.1, 0.15) is 23.8 Å². The molecule has 0 saturated carbocycles. The molecule has 3 aromatic rings. The van der Waals surface area contributed by atoms with Crippen LogP contribution in [0.3, 0.4) is 0 Å². The van der Waals surface area contributed by atoms with Gasteiger partial charge in [-0.2, -0.15) is 4.98 Å². The number of likely N-dealkylation sites (N-methyl/N-ethyl adjacent to an activating group) is 2. The number of benzene rings is 2. The van der Waals surface area contributed by atoms with Crippen molar-refractivity contribution in [2.24, 2.45) is 0 Å². The second-order valence-electron chi connectivity index (χ2n) is 12.1. The highest BCUT2D eigenvalue weighted by Crippen LogP contribution is 2.28. The quantitative estimate of drug-likeness (QED) is 0.322. The first-order valence-electron chi connectivity index (χ1n) is 15.0. The molecular weight excluding hydrogens is 600 g/mol. The van der Waals surface area contributed by atoms with E-state index in [1.54, 1.807) is 59.7 Å². The minimum atomic E-state index is -0.707. The van der Waals surface area contributed by atoms with E-state index in [4.69, 9.17) is 9.26 Å². The van der Waals surface area contributed by atoms with Gasteiger partial charge in [0.15, 0.2) is 0 Å². The fourth-order valence-electron chi connectivity index (χ4n) is 4.96. The van der Waals surface area contributed by atoms with E-state index in [1.807, 2.05) is 6.07 Å². The average molecular weight is 642 g/mol. The van der Waals surface area contributed by atoms with Crippen LogP contribution in [0.25, 0.3) is 11.4 Å². The number of carbonyl (C=O) groups is 3. The first kappa shape index (κ1) is 34.3. The number of hydrogen-bond donors (Lipinski definition) is 1. The number of carbonyl (C=O) groups excluding carboxylic acids is 3. The maximum absolute atomic E-state index is 14.8. The molecule has 2 aromatic carbocycles. The van der Waals surface area contributed by atoms with Crippen molar-refractivity contribution in [3.63, 3.8) is 0 Å². The summed E-state index contributed by atoms with van der Waals surface area (Å²) in [5.41, 5.74) is 1.72. The van der Waals surface area contributed by atoms with Crippen molar-refractivity contribution in [3.05, 3.63) is 64.5 Å². The Balaban J connectivity index is 1.49. The highest BCUT2D eigenvalue weighted by molar-refractivity contribution is 5.87. The third-order valence-electron chi connectivity index (χ3n) is 7.56. The predicted octanol–water partition coefficient (Wildman–Crippen LogP) is 4.52. The first-order chi connectivity index (χ1) is 21.7. The molecule has 1 N–H and O–H groups in total. The second-order valence-corrected chi connectivity index (χ2v) is 12.1. The minimum absolute atomic E-state index is 0.0395. The molecule has 12 nitrogen and oxygen atoms in total. The molecule has 248 valence electrons. The maximum Gasteiger partial charge on any atom is 0.410 e. The highest BCUT2D eigenvalue weighted by atomic mass is 19.1. The van der Waals surface area contributed by atoms with E-state index in [1.165, 1.54) is 33.0 Å². The van der Waals surface area contributed by atoms with Crippen LogP contribution in [0.15, 0.2) is 34.9 Å². The largest absolute Gasteiger partial charge is 0.444 e. The number of hydrogen-bond acceptors (Lipinski definition) is 9. The summed E-state index contributed by atoms with van der Waals surface area (Å²) in [7, 11) is 1.58. The van der Waals surface area contributed by atoms with Gasteiger partial charge in [0, 0.05) is 57.9 Å². The lowest BCUT2D eigenvalue weighted by molar-refractivity contribution is -0.151. The highest BCUT2D eigenvalue weighted by Gasteiger charge is 2.30. The Hall–Kier alpha value is -4.59. The number of halogens is 2. The van der Waals surface area contributed by atoms with Gasteiger partial charge < -0.3 is 24.4 Å². The topological polar surface area (TPSA) is 124 Å². The fraction of sp³-hybridized carbons (Fsp3) is 0.469. The van der Waals surface area contributed by atoms with Gasteiger partial charge in [0.05, 0.1) is 12.1 Å². The number of fused-ring (bicyclic) bond motifs is 1. The van der Waals surface area contributed by atoms with Crippen molar-refractivity contribution in [1.82, 2.24) is 30.0 Å². The molecule has 0 unspecified atom stereocenters. The Morgan fingerprint density at radius 2 is 1.76 bits per heavy atom. The lowest BCUT2D eigenvalue weighted by atomic mass is 10.1. The summed E-state index contributed by atoms with van der Waals surface area (Å²) in [6.45, 7) is 10.9. The van der Waals surface area contributed by atoms with Crippen molar-refractivity contribution in [2.75, 3.05) is 45.1 Å². The second kappa shape index (κ2) is 14.2. The smallest absolute Gasteiger partial charge is 0.410 e. The number of nitrogens with one attached hydrogen (secondary N) is 1. The zero-order chi connectivity index (χ0) is 33.8. The monoisotopic (exact) mass is 641 g/mol. The molecule has 0 bridgehead atoms. The summed E-state index contributed by atoms with van der Waals surface area (Å²) >= 11 is 0. The Bertz CT molecular complexity index is 1590. The lowest BCUT2D eigenvalue weighted by Gasteiger charge is -2.32. The predicted molar refractivity (Wildman–Crippen MR) is 166 cm³/mol. The SMILES string of the molecule is CCN(CCN(CC(=O)N(C)N1Cc2cccc(F)c2C1)C(=O)CNc1cc(-c2noc(C)n2)c(F)cc1C)C(=O)OC(C)(C)C. The maximum atomic E-state index is 14.8. The standard InChI is InChI=1S/C32H41F2N7O5/c1-8-39(31(44)45-32(4,5)6)12-13-40(19-29(43)38(7)41-17-22-10-9-11-25(33)24(22)18-41)28(42)16-35-27-15-23(26(34)14-20(27)2)30-36-21(3)46-37-30/h9-11,14-15,35H,8,12-13,16-19H2,1-7H3. The summed E-state index contributed by atoms with van der Waals surface area (Å²) in [6.07, 6.45) is -0.535. The fourth-order valence-corrected chi connectivity index (χ4v) is 4.96. The van der Waals surface area contributed by atoms with Crippen LogP contribution >= 0.6 is 0 Å². The zero-order valence-electron chi connectivity index (χ0n) is 27.3. The number of rotatable bonds is 11.